The Hall–Kier alpha value is -1.59. The normalized spacial score (nSPS) is 16.2. The molecule has 1 aliphatic rings. The molecule has 2 aromatic carbocycles. The van der Waals surface area contributed by atoms with Gasteiger partial charge < -0.3 is 4.74 Å². The van der Waals surface area contributed by atoms with Gasteiger partial charge in [-0.2, -0.15) is 4.31 Å². The van der Waals surface area contributed by atoms with E-state index in [9.17, 15) is 16.8 Å². The molecule has 0 bridgehead atoms. The van der Waals surface area contributed by atoms with Gasteiger partial charge in [0.05, 0.1) is 23.0 Å². The van der Waals surface area contributed by atoms with Gasteiger partial charge in [-0.3, -0.25) is 4.72 Å². The molecule has 0 atom stereocenters. The van der Waals surface area contributed by atoms with Crippen LogP contribution in [0.2, 0.25) is 0 Å². The number of thioether (sulfide) groups is 1. The first kappa shape index (κ1) is 20.2. The quantitative estimate of drug-likeness (QED) is 0.710. The Kier molecular flexibility index (Phi) is 6.11. The topological polar surface area (TPSA) is 92.8 Å². The maximum absolute atomic E-state index is 12.6. The molecule has 7 nitrogen and oxygen atoms in total. The van der Waals surface area contributed by atoms with Crippen LogP contribution in [0, 0.1) is 0 Å². The summed E-state index contributed by atoms with van der Waals surface area (Å²) in [6, 6.07) is 12.2. The van der Waals surface area contributed by atoms with Crippen molar-refractivity contribution in [3.63, 3.8) is 0 Å². The Labute approximate surface area is 163 Å². The minimum atomic E-state index is -3.74. The average molecular weight is 429 g/mol. The first-order chi connectivity index (χ1) is 12.8. The molecule has 3 rings (SSSR count). The third kappa shape index (κ3) is 4.64. The number of hydrogen-bond acceptors (Lipinski definition) is 6. The molecule has 1 fully saturated rings. The van der Waals surface area contributed by atoms with Crippen LogP contribution in [0.15, 0.2) is 63.2 Å². The van der Waals surface area contributed by atoms with E-state index in [0.29, 0.717) is 32.0 Å². The molecule has 0 spiro atoms. The SMILES string of the molecule is CSc1ccc(S(=O)(=O)Nc2ccc(S(=O)(=O)N3CCOCC3)cc2)cc1. The zero-order chi connectivity index (χ0) is 19.5. The van der Waals surface area contributed by atoms with Crippen molar-refractivity contribution in [3.05, 3.63) is 48.5 Å². The molecule has 27 heavy (non-hydrogen) atoms. The number of benzene rings is 2. The molecule has 10 heteroatoms. The van der Waals surface area contributed by atoms with Gasteiger partial charge in [-0.05, 0) is 54.8 Å². The van der Waals surface area contributed by atoms with Crippen molar-refractivity contribution in [2.75, 3.05) is 37.3 Å². The van der Waals surface area contributed by atoms with Crippen LogP contribution in [0.5, 0.6) is 0 Å². The minimum Gasteiger partial charge on any atom is -0.379 e. The van der Waals surface area contributed by atoms with Crippen LogP contribution in [-0.4, -0.2) is 53.7 Å². The van der Waals surface area contributed by atoms with Gasteiger partial charge in [-0.15, -0.1) is 11.8 Å². The molecule has 1 heterocycles. The van der Waals surface area contributed by atoms with Gasteiger partial charge >= 0.3 is 0 Å². The van der Waals surface area contributed by atoms with Gasteiger partial charge in [0.15, 0.2) is 0 Å². The lowest BCUT2D eigenvalue weighted by Gasteiger charge is -2.26. The summed E-state index contributed by atoms with van der Waals surface area (Å²) in [5.41, 5.74) is 0.296. The van der Waals surface area contributed by atoms with Crippen molar-refractivity contribution >= 4 is 37.5 Å². The van der Waals surface area contributed by atoms with E-state index in [4.69, 9.17) is 4.74 Å². The molecular formula is C17H20N2O5S3. The van der Waals surface area contributed by atoms with Crippen molar-refractivity contribution in [2.24, 2.45) is 0 Å². The lowest BCUT2D eigenvalue weighted by Crippen LogP contribution is -2.40. The largest absolute Gasteiger partial charge is 0.379 e. The molecule has 0 aliphatic carbocycles. The van der Waals surface area contributed by atoms with Crippen molar-refractivity contribution in [1.82, 2.24) is 4.31 Å². The molecule has 0 amide bonds. The molecule has 1 saturated heterocycles. The summed E-state index contributed by atoms with van der Waals surface area (Å²) in [5, 5.41) is 0. The smallest absolute Gasteiger partial charge is 0.261 e. The summed E-state index contributed by atoms with van der Waals surface area (Å²) < 4.78 is 59.1. The molecule has 1 N–H and O–H groups in total. The van der Waals surface area contributed by atoms with E-state index >= 15 is 0 Å². The summed E-state index contributed by atoms with van der Waals surface area (Å²) in [4.78, 5) is 1.23. The van der Waals surface area contributed by atoms with Crippen molar-refractivity contribution in [1.29, 1.82) is 0 Å². The van der Waals surface area contributed by atoms with Crippen LogP contribution in [0.4, 0.5) is 5.69 Å². The number of morpholine rings is 1. The predicted octanol–water partition coefficient (Wildman–Crippen LogP) is 2.23. The Morgan fingerprint density at radius 2 is 1.44 bits per heavy atom. The molecule has 0 saturated carbocycles. The number of hydrogen-bond donors (Lipinski definition) is 1. The number of anilines is 1. The lowest BCUT2D eigenvalue weighted by atomic mass is 10.3. The Balaban J connectivity index is 1.76. The third-order valence-electron chi connectivity index (χ3n) is 4.08. The maximum Gasteiger partial charge on any atom is 0.261 e. The van der Waals surface area contributed by atoms with Crippen LogP contribution >= 0.6 is 11.8 Å². The molecule has 2 aromatic rings. The monoisotopic (exact) mass is 428 g/mol. The Morgan fingerprint density at radius 3 is 2.00 bits per heavy atom. The highest BCUT2D eigenvalue weighted by Gasteiger charge is 2.26. The fraction of sp³-hybridized carbons (Fsp3) is 0.294. The fourth-order valence-corrected chi connectivity index (χ4v) is 5.47. The van der Waals surface area contributed by atoms with E-state index in [2.05, 4.69) is 4.72 Å². The average Bonchev–Trinajstić information content (AvgIpc) is 2.69. The molecule has 146 valence electrons. The van der Waals surface area contributed by atoms with E-state index in [1.807, 2.05) is 6.26 Å². The number of nitrogens with one attached hydrogen (secondary N) is 1. The Morgan fingerprint density at radius 1 is 0.889 bits per heavy atom. The molecule has 1 aliphatic heterocycles. The highest BCUT2D eigenvalue weighted by atomic mass is 32.2. The van der Waals surface area contributed by atoms with E-state index in [-0.39, 0.29) is 9.79 Å². The van der Waals surface area contributed by atoms with Crippen LogP contribution in [0.1, 0.15) is 0 Å². The summed E-state index contributed by atoms with van der Waals surface area (Å²) in [7, 11) is -7.35. The minimum absolute atomic E-state index is 0.122. The first-order valence-electron chi connectivity index (χ1n) is 8.18. The predicted molar refractivity (Wildman–Crippen MR) is 105 cm³/mol. The van der Waals surface area contributed by atoms with E-state index in [0.717, 1.165) is 4.90 Å². The standard InChI is InChI=1S/C17H20N2O5S3/c1-25-15-4-8-16(9-5-15)26(20,21)18-14-2-6-17(7-3-14)27(22,23)19-10-12-24-13-11-19/h2-9,18H,10-13H2,1H3. The molecule has 0 unspecified atom stereocenters. The van der Waals surface area contributed by atoms with Gasteiger partial charge in [-0.1, -0.05) is 0 Å². The van der Waals surface area contributed by atoms with Crippen molar-refractivity contribution in [3.8, 4) is 0 Å². The van der Waals surface area contributed by atoms with Gasteiger partial charge in [0, 0.05) is 23.7 Å². The number of ether oxygens (including phenoxy) is 1. The zero-order valence-electron chi connectivity index (χ0n) is 14.7. The second-order valence-corrected chi connectivity index (χ2v) is 10.3. The lowest BCUT2D eigenvalue weighted by molar-refractivity contribution is 0.0730. The van der Waals surface area contributed by atoms with Crippen molar-refractivity contribution < 1.29 is 21.6 Å². The zero-order valence-corrected chi connectivity index (χ0v) is 17.1. The number of nitrogens with zero attached hydrogens (tertiary/aromatic N) is 1. The summed E-state index contributed by atoms with van der Waals surface area (Å²) in [6.07, 6.45) is 1.91. The van der Waals surface area contributed by atoms with E-state index < -0.39 is 20.0 Å². The van der Waals surface area contributed by atoms with Crippen LogP contribution < -0.4 is 4.72 Å². The van der Waals surface area contributed by atoms with Gasteiger partial charge in [0.1, 0.15) is 0 Å². The van der Waals surface area contributed by atoms with Crippen molar-refractivity contribution in [2.45, 2.75) is 14.7 Å². The van der Waals surface area contributed by atoms with Crippen LogP contribution in [0.25, 0.3) is 0 Å². The maximum atomic E-state index is 12.6. The van der Waals surface area contributed by atoms with Crippen LogP contribution in [-0.2, 0) is 24.8 Å². The first-order valence-corrected chi connectivity index (χ1v) is 12.3. The van der Waals surface area contributed by atoms with E-state index in [1.54, 1.807) is 12.1 Å². The fourth-order valence-electron chi connectivity index (χ4n) is 2.60. The van der Waals surface area contributed by atoms with E-state index in [1.165, 1.54) is 52.5 Å². The third-order valence-corrected chi connectivity index (χ3v) is 8.14. The van der Waals surface area contributed by atoms with Gasteiger partial charge in [-0.25, -0.2) is 16.8 Å². The second-order valence-electron chi connectivity index (χ2n) is 5.82. The van der Waals surface area contributed by atoms with Gasteiger partial charge in [0.25, 0.3) is 10.0 Å². The summed E-state index contributed by atoms with van der Waals surface area (Å²) in [6.45, 7) is 1.35. The summed E-state index contributed by atoms with van der Waals surface area (Å²) in [5.74, 6) is 0. The number of sulfonamides is 2. The highest BCUT2D eigenvalue weighted by Crippen LogP contribution is 2.23. The second kappa shape index (κ2) is 8.19. The van der Waals surface area contributed by atoms with Crippen LogP contribution in [0.3, 0.4) is 0 Å². The molecule has 0 aromatic heterocycles. The highest BCUT2D eigenvalue weighted by molar-refractivity contribution is 7.98. The molecule has 0 radical (unpaired) electrons. The van der Waals surface area contributed by atoms with Gasteiger partial charge in [0.2, 0.25) is 10.0 Å². The molecular weight excluding hydrogens is 408 g/mol. The Bertz CT molecular complexity index is 982. The summed E-state index contributed by atoms with van der Waals surface area (Å²) >= 11 is 1.52. The number of rotatable bonds is 6.